The lowest BCUT2D eigenvalue weighted by atomic mass is 9.98. The number of nitrogens with one attached hydrogen (secondary N) is 2. The molecule has 9 nitrogen and oxygen atoms in total. The Kier molecular flexibility index (Phi) is 9.85. The van der Waals surface area contributed by atoms with Gasteiger partial charge in [0.1, 0.15) is 6.61 Å². The van der Waals surface area contributed by atoms with E-state index in [0.29, 0.717) is 12.0 Å². The summed E-state index contributed by atoms with van der Waals surface area (Å²) >= 11 is 0.721. The van der Waals surface area contributed by atoms with Gasteiger partial charge in [-0.2, -0.15) is 4.41 Å². The summed E-state index contributed by atoms with van der Waals surface area (Å²) in [5, 5.41) is 11.9. The number of benzene rings is 3. The summed E-state index contributed by atoms with van der Waals surface area (Å²) in [5.74, 6) is -2.16. The lowest BCUT2D eigenvalue weighted by Gasteiger charge is -2.21. The molecule has 0 spiro atoms. The number of rotatable bonds is 10. The van der Waals surface area contributed by atoms with E-state index in [-0.39, 0.29) is 31.4 Å². The Morgan fingerprint density at radius 2 is 1.68 bits per heavy atom. The molecular formula is C29H30FN3O6S. The van der Waals surface area contributed by atoms with Crippen LogP contribution in [0.2, 0.25) is 0 Å². The van der Waals surface area contributed by atoms with Gasteiger partial charge in [-0.25, -0.2) is 19.4 Å². The van der Waals surface area contributed by atoms with E-state index in [1.165, 1.54) is 12.1 Å². The van der Waals surface area contributed by atoms with Crippen molar-refractivity contribution in [1.82, 2.24) is 15.2 Å². The molecule has 40 heavy (non-hydrogen) atoms. The lowest BCUT2D eigenvalue weighted by Crippen LogP contribution is -2.43. The Bertz CT molecular complexity index is 1330. The Morgan fingerprint density at radius 3 is 2.33 bits per heavy atom. The maximum absolute atomic E-state index is 13.5. The van der Waals surface area contributed by atoms with Crippen LogP contribution in [0.5, 0.6) is 5.75 Å². The molecule has 0 unspecified atom stereocenters. The second-order valence-electron chi connectivity index (χ2n) is 9.04. The minimum Gasteiger partial charge on any atom is -0.505 e. The number of aromatic hydroxyl groups is 1. The molecule has 0 fully saturated rings. The van der Waals surface area contributed by atoms with Gasteiger partial charge in [0.05, 0.1) is 12.4 Å². The van der Waals surface area contributed by atoms with E-state index < -0.39 is 29.7 Å². The SMILES string of the molecule is CCCCOC(=O)N(NC(=O)OCC1c2ccccc2-c2ccccc21)SCC(=O)NCc1ccc(O)c(F)c1. The normalized spacial score (nSPS) is 11.8. The fraction of sp³-hybridized carbons (Fsp3) is 0.276. The third-order valence-corrected chi connectivity index (χ3v) is 7.14. The van der Waals surface area contributed by atoms with Crippen molar-refractivity contribution in [3.63, 3.8) is 0 Å². The van der Waals surface area contributed by atoms with Gasteiger partial charge in [0.15, 0.2) is 11.6 Å². The number of carbonyl (C=O) groups is 3. The molecular weight excluding hydrogens is 537 g/mol. The van der Waals surface area contributed by atoms with Crippen molar-refractivity contribution >= 4 is 30.0 Å². The number of carbonyl (C=O) groups excluding carboxylic acids is 3. The van der Waals surface area contributed by atoms with Crippen LogP contribution >= 0.6 is 11.9 Å². The number of phenols is 1. The molecule has 0 saturated carbocycles. The van der Waals surface area contributed by atoms with Crippen LogP contribution in [-0.2, 0) is 20.8 Å². The first kappa shape index (κ1) is 28.8. The Labute approximate surface area is 235 Å². The van der Waals surface area contributed by atoms with E-state index in [2.05, 4.69) is 10.7 Å². The molecule has 0 heterocycles. The van der Waals surface area contributed by atoms with Crippen molar-refractivity contribution in [2.75, 3.05) is 19.0 Å². The minimum absolute atomic E-state index is 0.0113. The first-order valence-corrected chi connectivity index (χ1v) is 13.8. The number of nitrogens with zero attached hydrogens (tertiary/aromatic N) is 1. The zero-order valence-corrected chi connectivity index (χ0v) is 22.7. The summed E-state index contributed by atoms with van der Waals surface area (Å²) in [7, 11) is 0. The number of amides is 3. The summed E-state index contributed by atoms with van der Waals surface area (Å²) < 4.78 is 25.1. The Balaban J connectivity index is 1.33. The van der Waals surface area contributed by atoms with Gasteiger partial charge in [0.25, 0.3) is 0 Å². The standard InChI is InChI=1S/C29H30FN3O6S/c1-2-3-14-38-29(37)33(40-18-27(35)31-16-19-12-13-26(34)25(30)15-19)32-28(36)39-17-24-22-10-6-4-8-20(22)21-9-5-7-11-23(21)24/h4-13,15,24,34H,2-3,14,16-18H2,1H3,(H,31,35)(H,32,36). The predicted molar refractivity (Wildman–Crippen MR) is 149 cm³/mol. The molecule has 4 rings (SSSR count). The maximum atomic E-state index is 13.5. The molecule has 210 valence electrons. The van der Waals surface area contributed by atoms with Gasteiger partial charge in [-0.05, 0) is 58.3 Å². The van der Waals surface area contributed by atoms with Gasteiger partial charge in [0, 0.05) is 12.5 Å². The van der Waals surface area contributed by atoms with E-state index in [4.69, 9.17) is 9.47 Å². The van der Waals surface area contributed by atoms with Crippen LogP contribution < -0.4 is 10.7 Å². The number of hydrogen-bond acceptors (Lipinski definition) is 7. The van der Waals surface area contributed by atoms with E-state index >= 15 is 0 Å². The van der Waals surface area contributed by atoms with Crippen molar-refractivity contribution < 1.29 is 33.4 Å². The van der Waals surface area contributed by atoms with Crippen LogP contribution in [0, 0.1) is 5.82 Å². The average Bonchev–Trinajstić information content (AvgIpc) is 3.28. The van der Waals surface area contributed by atoms with Crippen LogP contribution in [0.1, 0.15) is 42.4 Å². The fourth-order valence-corrected chi connectivity index (χ4v) is 4.89. The Hall–Kier alpha value is -4.25. The molecule has 0 aliphatic heterocycles. The highest BCUT2D eigenvalue weighted by atomic mass is 32.2. The lowest BCUT2D eigenvalue weighted by molar-refractivity contribution is -0.118. The third kappa shape index (κ3) is 7.23. The van der Waals surface area contributed by atoms with Crippen LogP contribution in [0.25, 0.3) is 11.1 Å². The maximum Gasteiger partial charge on any atom is 0.439 e. The molecule has 3 aromatic carbocycles. The summed E-state index contributed by atoms with van der Waals surface area (Å²) in [5.41, 5.74) is 7.08. The quantitative estimate of drug-likeness (QED) is 0.169. The average molecular weight is 568 g/mol. The molecule has 3 aromatic rings. The number of ether oxygens (including phenoxy) is 2. The highest BCUT2D eigenvalue weighted by Gasteiger charge is 2.29. The zero-order chi connectivity index (χ0) is 28.5. The highest BCUT2D eigenvalue weighted by molar-refractivity contribution is 7.98. The van der Waals surface area contributed by atoms with Gasteiger partial charge in [-0.3, -0.25) is 4.79 Å². The molecule has 3 N–H and O–H groups in total. The highest BCUT2D eigenvalue weighted by Crippen LogP contribution is 2.44. The molecule has 1 aliphatic rings. The molecule has 0 radical (unpaired) electrons. The third-order valence-electron chi connectivity index (χ3n) is 6.25. The van der Waals surface area contributed by atoms with E-state index in [1.807, 2.05) is 55.5 Å². The van der Waals surface area contributed by atoms with Crippen LogP contribution in [0.15, 0.2) is 66.7 Å². The van der Waals surface area contributed by atoms with E-state index in [0.717, 1.165) is 51.1 Å². The van der Waals surface area contributed by atoms with Gasteiger partial charge in [-0.1, -0.05) is 67.9 Å². The van der Waals surface area contributed by atoms with Crippen LogP contribution in [0.4, 0.5) is 14.0 Å². The van der Waals surface area contributed by atoms with Gasteiger partial charge >= 0.3 is 12.2 Å². The van der Waals surface area contributed by atoms with Gasteiger partial charge in [-0.15, -0.1) is 0 Å². The van der Waals surface area contributed by atoms with Crippen molar-refractivity contribution in [3.05, 3.63) is 89.2 Å². The molecule has 11 heteroatoms. The van der Waals surface area contributed by atoms with Crippen LogP contribution in [0.3, 0.4) is 0 Å². The monoisotopic (exact) mass is 567 g/mol. The molecule has 3 amide bonds. The molecule has 1 aliphatic carbocycles. The summed E-state index contributed by atoms with van der Waals surface area (Å²) in [6, 6.07) is 19.6. The van der Waals surface area contributed by atoms with Gasteiger partial charge < -0.3 is 19.9 Å². The number of hydrazine groups is 1. The van der Waals surface area contributed by atoms with E-state index in [9.17, 15) is 23.9 Å². The van der Waals surface area contributed by atoms with Crippen molar-refractivity contribution in [2.24, 2.45) is 0 Å². The minimum atomic E-state index is -0.873. The van der Waals surface area contributed by atoms with Crippen molar-refractivity contribution in [1.29, 1.82) is 0 Å². The summed E-state index contributed by atoms with van der Waals surface area (Å²) in [4.78, 5) is 37.7. The largest absolute Gasteiger partial charge is 0.505 e. The first-order chi connectivity index (χ1) is 19.4. The smallest absolute Gasteiger partial charge is 0.439 e. The summed E-state index contributed by atoms with van der Waals surface area (Å²) in [6.45, 7) is 2.15. The van der Waals surface area contributed by atoms with Crippen LogP contribution in [-0.4, -0.2) is 46.6 Å². The number of unbranched alkanes of at least 4 members (excludes halogenated alkanes) is 1. The topological polar surface area (TPSA) is 117 Å². The summed E-state index contributed by atoms with van der Waals surface area (Å²) in [6.07, 6.45) is -0.276. The Morgan fingerprint density at radius 1 is 1.00 bits per heavy atom. The first-order valence-electron chi connectivity index (χ1n) is 12.8. The number of fused-ring (bicyclic) bond motifs is 3. The zero-order valence-electron chi connectivity index (χ0n) is 21.9. The fourth-order valence-electron chi connectivity index (χ4n) is 4.24. The predicted octanol–water partition coefficient (Wildman–Crippen LogP) is 5.49. The van der Waals surface area contributed by atoms with Crippen molar-refractivity contribution in [2.45, 2.75) is 32.2 Å². The second-order valence-corrected chi connectivity index (χ2v) is 9.95. The van der Waals surface area contributed by atoms with E-state index in [1.54, 1.807) is 0 Å². The van der Waals surface area contributed by atoms with Crippen molar-refractivity contribution in [3.8, 4) is 16.9 Å². The molecule has 0 atom stereocenters. The second kappa shape index (κ2) is 13.7. The molecule has 0 saturated heterocycles. The number of phenolic OH excluding ortho intramolecular Hbond substituents is 1. The number of halogens is 1. The number of hydrogen-bond donors (Lipinski definition) is 3. The molecule has 0 aromatic heterocycles. The van der Waals surface area contributed by atoms with Gasteiger partial charge in [0.2, 0.25) is 5.91 Å². The molecule has 0 bridgehead atoms.